The Labute approximate surface area is 162 Å². The molecule has 3 nitrogen and oxygen atoms in total. The van der Waals surface area contributed by atoms with Crippen molar-refractivity contribution in [2.45, 2.75) is 27.2 Å². The Kier molecular flexibility index (Phi) is 5.17. The van der Waals surface area contributed by atoms with Crippen LogP contribution in [0.15, 0.2) is 48.8 Å². The standard InChI is InChI=1S/C21H21ClN2OS/c1-21(2,3)12-16-17(18(25)13-4-6-15(22)7-5-13)20(23)26-19(16)14-8-10-24-11-9-14/h4-11H,12,23H2,1-3H3. The van der Waals surface area contributed by atoms with Crippen molar-refractivity contribution < 1.29 is 4.79 Å². The van der Waals surface area contributed by atoms with Crippen molar-refractivity contribution in [3.8, 4) is 10.4 Å². The fourth-order valence-electron chi connectivity index (χ4n) is 2.91. The number of nitrogens with two attached hydrogens (primary N) is 1. The van der Waals surface area contributed by atoms with Gasteiger partial charge in [-0.05, 0) is 59.4 Å². The second-order valence-corrected chi connectivity index (χ2v) is 8.95. The first-order valence-electron chi connectivity index (χ1n) is 8.38. The molecule has 0 aliphatic rings. The SMILES string of the molecule is CC(C)(C)Cc1c(-c2ccncc2)sc(N)c1C(=O)c1ccc(Cl)cc1. The summed E-state index contributed by atoms with van der Waals surface area (Å²) in [6.45, 7) is 6.48. The molecule has 3 aromatic rings. The van der Waals surface area contributed by atoms with Gasteiger partial charge in [-0.25, -0.2) is 0 Å². The van der Waals surface area contributed by atoms with E-state index in [1.165, 1.54) is 11.3 Å². The lowest BCUT2D eigenvalue weighted by molar-refractivity contribution is 0.103. The second-order valence-electron chi connectivity index (χ2n) is 7.46. The summed E-state index contributed by atoms with van der Waals surface area (Å²) in [5.41, 5.74) is 9.58. The number of halogens is 1. The van der Waals surface area contributed by atoms with Crippen molar-refractivity contribution in [3.05, 3.63) is 70.5 Å². The van der Waals surface area contributed by atoms with Crippen LogP contribution in [0, 0.1) is 5.41 Å². The van der Waals surface area contributed by atoms with Crippen LogP contribution in [-0.4, -0.2) is 10.8 Å². The van der Waals surface area contributed by atoms with Gasteiger partial charge in [0.2, 0.25) is 0 Å². The molecule has 2 aromatic heterocycles. The van der Waals surface area contributed by atoms with Crippen molar-refractivity contribution >= 4 is 33.7 Å². The lowest BCUT2D eigenvalue weighted by Gasteiger charge is -2.20. The third-order valence-electron chi connectivity index (χ3n) is 4.02. The molecule has 26 heavy (non-hydrogen) atoms. The van der Waals surface area contributed by atoms with Crippen LogP contribution in [0.2, 0.25) is 5.02 Å². The van der Waals surface area contributed by atoms with Crippen molar-refractivity contribution in [3.63, 3.8) is 0 Å². The fourth-order valence-corrected chi connectivity index (χ4v) is 4.13. The summed E-state index contributed by atoms with van der Waals surface area (Å²) in [5, 5.41) is 1.16. The molecule has 0 aliphatic heterocycles. The van der Waals surface area contributed by atoms with Crippen LogP contribution >= 0.6 is 22.9 Å². The Bertz CT molecular complexity index is 925. The highest BCUT2D eigenvalue weighted by Gasteiger charge is 2.27. The average molecular weight is 385 g/mol. The van der Waals surface area contributed by atoms with E-state index in [1.54, 1.807) is 36.7 Å². The summed E-state index contributed by atoms with van der Waals surface area (Å²) < 4.78 is 0. The highest BCUT2D eigenvalue weighted by atomic mass is 35.5. The molecular weight excluding hydrogens is 364 g/mol. The molecule has 3 rings (SSSR count). The Morgan fingerprint density at radius 2 is 1.73 bits per heavy atom. The van der Waals surface area contributed by atoms with Crippen LogP contribution in [0.1, 0.15) is 42.3 Å². The van der Waals surface area contributed by atoms with Gasteiger partial charge in [-0.2, -0.15) is 0 Å². The van der Waals surface area contributed by atoms with Gasteiger partial charge >= 0.3 is 0 Å². The van der Waals surface area contributed by atoms with Gasteiger partial charge in [0.1, 0.15) is 0 Å². The zero-order valence-electron chi connectivity index (χ0n) is 15.0. The number of aromatic nitrogens is 1. The average Bonchev–Trinajstić information content (AvgIpc) is 2.90. The summed E-state index contributed by atoms with van der Waals surface area (Å²) in [6, 6.07) is 10.8. The smallest absolute Gasteiger partial charge is 0.196 e. The zero-order chi connectivity index (χ0) is 18.9. The van der Waals surface area contributed by atoms with Gasteiger partial charge in [0, 0.05) is 27.9 Å². The van der Waals surface area contributed by atoms with E-state index in [0.717, 1.165) is 22.4 Å². The number of carbonyl (C=O) groups is 1. The van der Waals surface area contributed by atoms with E-state index >= 15 is 0 Å². The fraction of sp³-hybridized carbons (Fsp3) is 0.238. The van der Waals surface area contributed by atoms with E-state index in [2.05, 4.69) is 25.8 Å². The van der Waals surface area contributed by atoms with Crippen LogP contribution in [0.4, 0.5) is 5.00 Å². The first kappa shape index (κ1) is 18.6. The number of hydrogen-bond donors (Lipinski definition) is 1. The summed E-state index contributed by atoms with van der Waals surface area (Å²) in [4.78, 5) is 18.3. The molecule has 1 aromatic carbocycles. The molecule has 2 heterocycles. The van der Waals surface area contributed by atoms with E-state index in [0.29, 0.717) is 21.2 Å². The maximum Gasteiger partial charge on any atom is 0.196 e. The van der Waals surface area contributed by atoms with E-state index in [9.17, 15) is 4.79 Å². The Morgan fingerprint density at radius 1 is 1.12 bits per heavy atom. The van der Waals surface area contributed by atoms with Gasteiger partial charge in [0.25, 0.3) is 0 Å². The quantitative estimate of drug-likeness (QED) is 0.572. The molecule has 0 radical (unpaired) electrons. The zero-order valence-corrected chi connectivity index (χ0v) is 16.6. The third kappa shape index (κ3) is 3.97. The molecule has 0 saturated heterocycles. The maximum absolute atomic E-state index is 13.2. The minimum Gasteiger partial charge on any atom is -0.390 e. The molecule has 0 amide bonds. The van der Waals surface area contributed by atoms with Gasteiger partial charge in [-0.1, -0.05) is 32.4 Å². The Balaban J connectivity index is 2.16. The predicted molar refractivity (Wildman–Crippen MR) is 110 cm³/mol. The number of pyridine rings is 1. The number of anilines is 1. The summed E-state index contributed by atoms with van der Waals surface area (Å²) in [6.07, 6.45) is 4.27. The van der Waals surface area contributed by atoms with Gasteiger partial charge in [0.15, 0.2) is 5.78 Å². The van der Waals surface area contributed by atoms with Crippen LogP contribution < -0.4 is 5.73 Å². The molecule has 0 aliphatic carbocycles. The van der Waals surface area contributed by atoms with E-state index in [4.69, 9.17) is 17.3 Å². The van der Waals surface area contributed by atoms with Crippen LogP contribution in [0.5, 0.6) is 0 Å². The number of rotatable bonds is 4. The van der Waals surface area contributed by atoms with Gasteiger partial charge in [0.05, 0.1) is 10.6 Å². The normalized spacial score (nSPS) is 11.5. The number of thiophene rings is 1. The van der Waals surface area contributed by atoms with Crippen molar-refractivity contribution in [2.75, 3.05) is 5.73 Å². The Morgan fingerprint density at radius 3 is 2.31 bits per heavy atom. The van der Waals surface area contributed by atoms with Crippen molar-refractivity contribution in [2.24, 2.45) is 5.41 Å². The predicted octanol–water partition coefficient (Wildman–Crippen LogP) is 5.87. The van der Waals surface area contributed by atoms with E-state index < -0.39 is 0 Å². The van der Waals surface area contributed by atoms with Gasteiger partial charge in [-0.3, -0.25) is 9.78 Å². The number of carbonyl (C=O) groups excluding carboxylic acids is 1. The number of hydrogen-bond acceptors (Lipinski definition) is 4. The molecule has 0 spiro atoms. The van der Waals surface area contributed by atoms with Crippen molar-refractivity contribution in [1.82, 2.24) is 4.98 Å². The largest absolute Gasteiger partial charge is 0.390 e. The van der Waals surface area contributed by atoms with E-state index in [1.807, 2.05) is 12.1 Å². The second kappa shape index (κ2) is 7.22. The minimum atomic E-state index is -0.0602. The molecule has 0 atom stereocenters. The minimum absolute atomic E-state index is 0.0182. The summed E-state index contributed by atoms with van der Waals surface area (Å²) in [5.74, 6) is -0.0602. The third-order valence-corrected chi connectivity index (χ3v) is 5.38. The highest BCUT2D eigenvalue weighted by molar-refractivity contribution is 7.20. The molecular formula is C21H21ClN2OS. The molecule has 5 heteroatoms. The molecule has 134 valence electrons. The summed E-state index contributed by atoms with van der Waals surface area (Å²) >= 11 is 7.42. The number of benzene rings is 1. The lowest BCUT2D eigenvalue weighted by atomic mass is 9.84. The molecule has 0 saturated carbocycles. The maximum atomic E-state index is 13.2. The van der Waals surface area contributed by atoms with E-state index in [-0.39, 0.29) is 11.2 Å². The molecule has 0 fully saturated rings. The number of nitrogen functional groups attached to an aromatic ring is 1. The number of nitrogens with zero attached hydrogens (tertiary/aromatic N) is 1. The Hall–Kier alpha value is -2.17. The summed E-state index contributed by atoms with van der Waals surface area (Å²) in [7, 11) is 0. The first-order chi connectivity index (χ1) is 12.3. The number of ketones is 1. The van der Waals surface area contributed by atoms with Gasteiger partial charge in [-0.15, -0.1) is 11.3 Å². The van der Waals surface area contributed by atoms with Crippen LogP contribution in [0.3, 0.4) is 0 Å². The highest BCUT2D eigenvalue weighted by Crippen LogP contribution is 2.42. The first-order valence-corrected chi connectivity index (χ1v) is 9.57. The lowest BCUT2D eigenvalue weighted by Crippen LogP contribution is -2.14. The molecule has 2 N–H and O–H groups in total. The molecule has 0 bridgehead atoms. The van der Waals surface area contributed by atoms with Crippen molar-refractivity contribution in [1.29, 1.82) is 0 Å². The van der Waals surface area contributed by atoms with Crippen LogP contribution in [0.25, 0.3) is 10.4 Å². The topological polar surface area (TPSA) is 56.0 Å². The monoisotopic (exact) mass is 384 g/mol. The molecule has 0 unspecified atom stereocenters. The van der Waals surface area contributed by atoms with Gasteiger partial charge < -0.3 is 5.73 Å². The van der Waals surface area contributed by atoms with Crippen LogP contribution in [-0.2, 0) is 6.42 Å².